The van der Waals surface area contributed by atoms with E-state index in [1.54, 1.807) is 11.1 Å². The Morgan fingerprint density at radius 1 is 1.07 bits per heavy atom. The maximum atomic E-state index is 12.9. The molecule has 0 unspecified atom stereocenters. The number of aromatic amines is 1. The Bertz CT molecular complexity index is 766. The van der Waals surface area contributed by atoms with E-state index < -0.39 is 0 Å². The molecule has 6 nitrogen and oxygen atoms in total. The van der Waals surface area contributed by atoms with Crippen LogP contribution in [-0.4, -0.2) is 58.9 Å². The smallest absolute Gasteiger partial charge is 0.263 e. The van der Waals surface area contributed by atoms with Crippen LogP contribution in [0.4, 0.5) is 0 Å². The van der Waals surface area contributed by atoms with Gasteiger partial charge in [-0.2, -0.15) is 0 Å². The minimum absolute atomic E-state index is 0.0564. The van der Waals surface area contributed by atoms with Crippen molar-refractivity contribution in [3.63, 3.8) is 0 Å². The van der Waals surface area contributed by atoms with E-state index in [2.05, 4.69) is 21.9 Å². The van der Waals surface area contributed by atoms with Gasteiger partial charge in [0.25, 0.3) is 11.5 Å². The normalized spacial score (nSPS) is 36.0. The summed E-state index contributed by atoms with van der Waals surface area (Å²) in [5, 5.41) is 0. The highest BCUT2D eigenvalue weighted by Gasteiger charge is 2.53. The van der Waals surface area contributed by atoms with Gasteiger partial charge in [0.1, 0.15) is 11.4 Å². The van der Waals surface area contributed by atoms with Crippen molar-refractivity contribution in [1.82, 2.24) is 19.8 Å². The molecular weight excluding hydrogens is 340 g/mol. The quantitative estimate of drug-likeness (QED) is 0.865. The second kappa shape index (κ2) is 6.43. The maximum Gasteiger partial charge on any atom is 0.263 e. The second-order valence-corrected chi connectivity index (χ2v) is 9.62. The van der Waals surface area contributed by atoms with Crippen LogP contribution in [0.25, 0.3) is 0 Å². The Balaban J connectivity index is 1.40. The largest absolute Gasteiger partial charge is 0.337 e. The highest BCUT2D eigenvalue weighted by molar-refractivity contribution is 5.93. The Morgan fingerprint density at radius 3 is 2.37 bits per heavy atom. The number of carbonyl (C=O) groups is 1. The minimum atomic E-state index is -0.252. The Labute approximate surface area is 160 Å². The number of hydrogen-bond acceptors (Lipinski definition) is 4. The molecule has 1 aliphatic heterocycles. The maximum absolute atomic E-state index is 12.9. The third kappa shape index (κ3) is 3.02. The molecule has 1 amide bonds. The van der Waals surface area contributed by atoms with E-state index in [4.69, 9.17) is 0 Å². The van der Waals surface area contributed by atoms with Gasteiger partial charge < -0.3 is 14.8 Å². The van der Waals surface area contributed by atoms with Crippen LogP contribution in [0.2, 0.25) is 0 Å². The zero-order valence-corrected chi connectivity index (χ0v) is 16.2. The van der Waals surface area contributed by atoms with Crippen LogP contribution in [0, 0.1) is 17.8 Å². The number of likely N-dealkylation sites (N-methyl/N-ethyl adjacent to an activating group) is 1. The Hall–Kier alpha value is -1.69. The molecular formula is C21H30N4O2. The number of rotatable bonds is 2. The summed E-state index contributed by atoms with van der Waals surface area (Å²) in [6.45, 7) is 3.22. The molecule has 0 aromatic carbocycles. The van der Waals surface area contributed by atoms with Gasteiger partial charge in [-0.1, -0.05) is 0 Å². The lowest BCUT2D eigenvalue weighted by molar-refractivity contribution is -0.00955. The molecule has 0 spiro atoms. The molecule has 4 aliphatic carbocycles. The van der Waals surface area contributed by atoms with Gasteiger partial charge in [0.05, 0.1) is 0 Å². The van der Waals surface area contributed by atoms with Crippen molar-refractivity contribution >= 4 is 5.91 Å². The first kappa shape index (κ1) is 17.4. The van der Waals surface area contributed by atoms with Crippen LogP contribution in [0.15, 0.2) is 11.0 Å². The summed E-state index contributed by atoms with van der Waals surface area (Å²) in [7, 11) is 2.07. The van der Waals surface area contributed by atoms with Crippen molar-refractivity contribution in [3.8, 4) is 0 Å². The van der Waals surface area contributed by atoms with Crippen LogP contribution in [-0.2, 0) is 5.41 Å². The summed E-state index contributed by atoms with van der Waals surface area (Å²) in [4.78, 5) is 37.5. The van der Waals surface area contributed by atoms with Gasteiger partial charge in [0, 0.05) is 31.2 Å². The molecule has 0 atom stereocenters. The first-order chi connectivity index (χ1) is 13.0. The van der Waals surface area contributed by atoms with Gasteiger partial charge in [-0.15, -0.1) is 0 Å². The molecule has 2 heterocycles. The second-order valence-electron chi connectivity index (χ2n) is 9.62. The molecule has 1 N–H and O–H groups in total. The molecule has 27 heavy (non-hydrogen) atoms. The fourth-order valence-corrected chi connectivity index (χ4v) is 6.64. The lowest BCUT2D eigenvalue weighted by atomic mass is 9.49. The first-order valence-electron chi connectivity index (χ1n) is 10.6. The summed E-state index contributed by atoms with van der Waals surface area (Å²) >= 11 is 0. The third-order valence-electron chi connectivity index (χ3n) is 7.58. The molecule has 6 heteroatoms. The van der Waals surface area contributed by atoms with Gasteiger partial charge in [-0.05, 0) is 76.3 Å². The van der Waals surface area contributed by atoms with Crippen LogP contribution in [0.3, 0.4) is 0 Å². The lowest BCUT2D eigenvalue weighted by Gasteiger charge is -2.56. The van der Waals surface area contributed by atoms with Gasteiger partial charge in [-0.3, -0.25) is 9.59 Å². The number of nitrogens with one attached hydrogen (secondary N) is 1. The van der Waals surface area contributed by atoms with Crippen LogP contribution < -0.4 is 5.56 Å². The van der Waals surface area contributed by atoms with E-state index in [0.29, 0.717) is 13.1 Å². The SMILES string of the molecule is CN1CCCN(C(=O)c2cnc(C34CC5CC(CC(C5)C3)C4)[nH]c2=O)CC1. The van der Waals surface area contributed by atoms with Gasteiger partial charge >= 0.3 is 0 Å². The predicted octanol–water partition coefficient (Wildman–Crippen LogP) is 2.02. The van der Waals surface area contributed by atoms with E-state index in [1.807, 2.05) is 0 Å². The monoisotopic (exact) mass is 370 g/mol. The fraction of sp³-hybridized carbons (Fsp3) is 0.762. The van der Waals surface area contributed by atoms with Crippen molar-refractivity contribution in [2.24, 2.45) is 17.8 Å². The van der Waals surface area contributed by atoms with Gasteiger partial charge in [-0.25, -0.2) is 4.98 Å². The highest BCUT2D eigenvalue weighted by atomic mass is 16.2. The molecule has 1 aromatic rings. The predicted molar refractivity (Wildman–Crippen MR) is 103 cm³/mol. The molecule has 4 bridgehead atoms. The average Bonchev–Trinajstić information content (AvgIpc) is 2.84. The Morgan fingerprint density at radius 2 is 1.74 bits per heavy atom. The highest BCUT2D eigenvalue weighted by Crippen LogP contribution is 2.59. The summed E-state index contributed by atoms with van der Waals surface area (Å²) in [5.41, 5.74) is 0.00670. The molecule has 4 saturated carbocycles. The standard InChI is InChI=1S/C21H30N4O2/c1-24-3-2-4-25(6-5-24)19(27)17-13-22-20(23-18(17)26)21-10-14-7-15(11-21)9-16(8-14)12-21/h13-16H,2-12H2,1H3,(H,22,23,26). The lowest BCUT2D eigenvalue weighted by Crippen LogP contribution is -2.50. The number of H-pyrrole nitrogens is 1. The third-order valence-corrected chi connectivity index (χ3v) is 7.58. The van der Waals surface area contributed by atoms with Crippen molar-refractivity contribution in [2.75, 3.05) is 33.2 Å². The number of amides is 1. The number of aromatic nitrogens is 2. The topological polar surface area (TPSA) is 69.3 Å². The summed E-state index contributed by atoms with van der Waals surface area (Å²) in [5.74, 6) is 3.08. The van der Waals surface area contributed by atoms with E-state index in [-0.39, 0.29) is 22.4 Å². The van der Waals surface area contributed by atoms with E-state index in [0.717, 1.165) is 62.4 Å². The number of nitrogens with zero attached hydrogens (tertiary/aromatic N) is 3. The van der Waals surface area contributed by atoms with Crippen LogP contribution in [0.1, 0.15) is 61.1 Å². The first-order valence-corrected chi connectivity index (χ1v) is 10.6. The molecule has 5 aliphatic rings. The van der Waals surface area contributed by atoms with E-state index >= 15 is 0 Å². The van der Waals surface area contributed by atoms with Crippen LogP contribution >= 0.6 is 0 Å². The molecule has 146 valence electrons. The zero-order chi connectivity index (χ0) is 18.6. The molecule has 1 aromatic heterocycles. The Kier molecular flexibility index (Phi) is 4.15. The van der Waals surface area contributed by atoms with E-state index in [1.165, 1.54) is 19.3 Å². The molecule has 1 saturated heterocycles. The minimum Gasteiger partial charge on any atom is -0.337 e. The van der Waals surface area contributed by atoms with Crippen molar-refractivity contribution in [1.29, 1.82) is 0 Å². The average molecular weight is 370 g/mol. The molecule has 0 radical (unpaired) electrons. The van der Waals surface area contributed by atoms with E-state index in [9.17, 15) is 9.59 Å². The van der Waals surface area contributed by atoms with Gasteiger partial charge in [0.2, 0.25) is 0 Å². The van der Waals surface area contributed by atoms with Gasteiger partial charge in [0.15, 0.2) is 0 Å². The molecule has 6 rings (SSSR count). The summed E-state index contributed by atoms with van der Waals surface area (Å²) < 4.78 is 0. The number of hydrogen-bond donors (Lipinski definition) is 1. The number of carbonyl (C=O) groups excluding carboxylic acids is 1. The van der Waals surface area contributed by atoms with Crippen molar-refractivity contribution < 1.29 is 4.79 Å². The summed E-state index contributed by atoms with van der Waals surface area (Å²) in [6, 6.07) is 0. The summed E-state index contributed by atoms with van der Waals surface area (Å²) in [6.07, 6.45) is 10.1. The fourth-order valence-electron chi connectivity index (χ4n) is 6.64. The zero-order valence-electron chi connectivity index (χ0n) is 16.2. The molecule has 5 fully saturated rings. The van der Waals surface area contributed by atoms with Crippen molar-refractivity contribution in [2.45, 2.75) is 50.4 Å². The van der Waals surface area contributed by atoms with Crippen LogP contribution in [0.5, 0.6) is 0 Å². The van der Waals surface area contributed by atoms with Crippen molar-refractivity contribution in [3.05, 3.63) is 27.9 Å².